The lowest BCUT2D eigenvalue weighted by molar-refractivity contribution is 1.42. The molecule has 0 fully saturated rings. The van der Waals surface area contributed by atoms with Crippen LogP contribution in [0.2, 0.25) is 0 Å². The largest absolute Gasteiger partial charge is 0.274 e. The minimum absolute atomic E-state index is 1.11. The van der Waals surface area contributed by atoms with Crippen molar-refractivity contribution >= 4 is 11.9 Å². The van der Waals surface area contributed by atoms with Crippen LogP contribution in [0.3, 0.4) is 0 Å². The zero-order chi connectivity index (χ0) is 10.7. The predicted octanol–water partition coefficient (Wildman–Crippen LogP) is 3.63. The van der Waals surface area contributed by atoms with Gasteiger partial charge in [-0.15, -0.1) is 0 Å². The van der Waals surface area contributed by atoms with E-state index in [4.69, 9.17) is 5.14 Å². The van der Waals surface area contributed by atoms with Gasteiger partial charge in [-0.25, -0.2) is 0 Å². The molecule has 2 aromatic carbocycles. The van der Waals surface area contributed by atoms with E-state index in [0.717, 1.165) is 4.90 Å². The number of hydrogen-bond donors (Lipinski definition) is 1. The molecule has 0 aliphatic carbocycles. The molecule has 0 aliphatic heterocycles. The van der Waals surface area contributed by atoms with Crippen molar-refractivity contribution in [3.05, 3.63) is 54.1 Å². The Kier molecular flexibility index (Phi) is 3.09. The summed E-state index contributed by atoms with van der Waals surface area (Å²) < 4.78 is 0. The number of hydrogen-bond acceptors (Lipinski definition) is 2. The van der Waals surface area contributed by atoms with Gasteiger partial charge in [0.2, 0.25) is 0 Å². The molecule has 0 amide bonds. The van der Waals surface area contributed by atoms with Crippen LogP contribution in [0.5, 0.6) is 0 Å². The molecule has 0 aliphatic rings. The number of benzene rings is 2. The van der Waals surface area contributed by atoms with E-state index in [1.54, 1.807) is 0 Å². The Morgan fingerprint density at radius 2 is 1.60 bits per heavy atom. The first kappa shape index (κ1) is 10.3. The molecule has 0 heterocycles. The van der Waals surface area contributed by atoms with Crippen molar-refractivity contribution in [2.24, 2.45) is 5.14 Å². The highest BCUT2D eigenvalue weighted by atomic mass is 32.2. The molecule has 0 bridgehead atoms. The molecule has 0 aromatic heterocycles. The summed E-state index contributed by atoms with van der Waals surface area (Å²) in [6.07, 6.45) is 0. The first-order valence-corrected chi connectivity index (χ1v) is 5.72. The molecular formula is C13H13NS. The van der Waals surface area contributed by atoms with Crippen molar-refractivity contribution in [3.8, 4) is 11.1 Å². The topological polar surface area (TPSA) is 26.0 Å². The standard InChI is InChI=1S/C13H13NS/c1-10-6-8-11(9-7-10)12-4-2-3-5-13(12)15-14/h2-9H,14H2,1H3. The summed E-state index contributed by atoms with van der Waals surface area (Å²) in [6, 6.07) is 16.7. The summed E-state index contributed by atoms with van der Waals surface area (Å²) in [7, 11) is 0. The van der Waals surface area contributed by atoms with E-state index in [2.05, 4.69) is 37.3 Å². The second kappa shape index (κ2) is 4.51. The van der Waals surface area contributed by atoms with Crippen molar-refractivity contribution in [2.45, 2.75) is 11.8 Å². The summed E-state index contributed by atoms with van der Waals surface area (Å²) in [5, 5.41) is 5.63. The SMILES string of the molecule is Cc1ccc(-c2ccccc2SN)cc1. The van der Waals surface area contributed by atoms with Gasteiger partial charge in [0.25, 0.3) is 0 Å². The molecule has 2 aromatic rings. The lowest BCUT2D eigenvalue weighted by atomic mass is 10.0. The van der Waals surface area contributed by atoms with Gasteiger partial charge in [-0.2, -0.15) is 0 Å². The average molecular weight is 215 g/mol. The van der Waals surface area contributed by atoms with Crippen LogP contribution in [0, 0.1) is 6.92 Å². The minimum Gasteiger partial charge on any atom is -0.274 e. The Bertz CT molecular complexity index is 448. The third-order valence-corrected chi connectivity index (χ3v) is 2.99. The fourth-order valence-corrected chi connectivity index (χ4v) is 2.01. The maximum atomic E-state index is 5.63. The Morgan fingerprint density at radius 1 is 0.933 bits per heavy atom. The normalized spacial score (nSPS) is 10.3. The van der Waals surface area contributed by atoms with E-state index in [1.165, 1.54) is 28.6 Å². The van der Waals surface area contributed by atoms with Crippen LogP contribution in [-0.2, 0) is 0 Å². The van der Waals surface area contributed by atoms with Gasteiger partial charge < -0.3 is 0 Å². The van der Waals surface area contributed by atoms with Crippen LogP contribution in [-0.4, -0.2) is 0 Å². The highest BCUT2D eigenvalue weighted by molar-refractivity contribution is 7.97. The summed E-state index contributed by atoms with van der Waals surface area (Å²) in [5.41, 5.74) is 3.69. The minimum atomic E-state index is 1.11. The van der Waals surface area contributed by atoms with Crippen LogP contribution in [0.4, 0.5) is 0 Å². The van der Waals surface area contributed by atoms with Crippen molar-refractivity contribution in [3.63, 3.8) is 0 Å². The zero-order valence-corrected chi connectivity index (χ0v) is 9.42. The van der Waals surface area contributed by atoms with E-state index in [9.17, 15) is 0 Å². The lowest BCUT2D eigenvalue weighted by Crippen LogP contribution is -1.85. The lowest BCUT2D eigenvalue weighted by Gasteiger charge is -2.06. The van der Waals surface area contributed by atoms with Gasteiger partial charge in [-0.1, -0.05) is 48.0 Å². The summed E-state index contributed by atoms with van der Waals surface area (Å²) >= 11 is 1.29. The number of aryl methyl sites for hydroxylation is 1. The molecular weight excluding hydrogens is 202 g/mol. The summed E-state index contributed by atoms with van der Waals surface area (Å²) in [5.74, 6) is 0. The summed E-state index contributed by atoms with van der Waals surface area (Å²) in [4.78, 5) is 1.11. The van der Waals surface area contributed by atoms with E-state index >= 15 is 0 Å². The summed E-state index contributed by atoms with van der Waals surface area (Å²) in [6.45, 7) is 2.09. The second-order valence-corrected chi connectivity index (χ2v) is 4.16. The quantitative estimate of drug-likeness (QED) is 0.774. The van der Waals surface area contributed by atoms with Gasteiger partial charge >= 0.3 is 0 Å². The molecule has 76 valence electrons. The van der Waals surface area contributed by atoms with Gasteiger partial charge in [-0.05, 0) is 36.1 Å². The van der Waals surface area contributed by atoms with E-state index < -0.39 is 0 Å². The fourth-order valence-electron chi connectivity index (χ4n) is 1.54. The molecule has 15 heavy (non-hydrogen) atoms. The Morgan fingerprint density at radius 3 is 2.27 bits per heavy atom. The van der Waals surface area contributed by atoms with Gasteiger partial charge in [0.05, 0.1) is 0 Å². The molecule has 1 nitrogen and oxygen atoms in total. The van der Waals surface area contributed by atoms with Crippen molar-refractivity contribution in [1.29, 1.82) is 0 Å². The van der Waals surface area contributed by atoms with Crippen molar-refractivity contribution in [2.75, 3.05) is 0 Å². The Balaban J connectivity index is 2.49. The van der Waals surface area contributed by atoms with Crippen molar-refractivity contribution < 1.29 is 0 Å². The van der Waals surface area contributed by atoms with Crippen LogP contribution in [0.25, 0.3) is 11.1 Å². The van der Waals surface area contributed by atoms with Gasteiger partial charge in [0.1, 0.15) is 0 Å². The van der Waals surface area contributed by atoms with Crippen LogP contribution in [0.15, 0.2) is 53.4 Å². The Labute approximate surface area is 94.5 Å². The first-order chi connectivity index (χ1) is 7.31. The second-order valence-electron chi connectivity index (χ2n) is 3.48. The first-order valence-electron chi connectivity index (χ1n) is 4.84. The predicted molar refractivity (Wildman–Crippen MR) is 66.7 cm³/mol. The number of nitrogens with two attached hydrogens (primary N) is 1. The molecule has 0 saturated carbocycles. The molecule has 0 saturated heterocycles. The molecule has 2 N–H and O–H groups in total. The number of rotatable bonds is 2. The zero-order valence-electron chi connectivity index (χ0n) is 8.60. The molecule has 0 radical (unpaired) electrons. The highest BCUT2D eigenvalue weighted by Crippen LogP contribution is 2.28. The van der Waals surface area contributed by atoms with Crippen molar-refractivity contribution in [1.82, 2.24) is 0 Å². The Hall–Kier alpha value is -1.25. The molecule has 0 spiro atoms. The third kappa shape index (κ3) is 2.22. The average Bonchev–Trinajstić information content (AvgIpc) is 2.30. The van der Waals surface area contributed by atoms with Crippen LogP contribution in [0.1, 0.15) is 5.56 Å². The van der Waals surface area contributed by atoms with E-state index in [0.29, 0.717) is 0 Å². The molecule has 0 unspecified atom stereocenters. The monoisotopic (exact) mass is 215 g/mol. The van der Waals surface area contributed by atoms with Gasteiger partial charge in [0.15, 0.2) is 0 Å². The molecule has 2 rings (SSSR count). The fraction of sp³-hybridized carbons (Fsp3) is 0.0769. The van der Waals surface area contributed by atoms with Gasteiger partial charge in [0, 0.05) is 4.90 Å². The molecule has 0 atom stereocenters. The maximum absolute atomic E-state index is 5.63. The third-order valence-electron chi connectivity index (χ3n) is 2.38. The van der Waals surface area contributed by atoms with E-state index in [1.807, 2.05) is 18.2 Å². The van der Waals surface area contributed by atoms with Crippen LogP contribution >= 0.6 is 11.9 Å². The highest BCUT2D eigenvalue weighted by Gasteiger charge is 2.02. The smallest absolute Gasteiger partial charge is 0.0304 e. The molecule has 2 heteroatoms. The van der Waals surface area contributed by atoms with Gasteiger partial charge in [-0.3, -0.25) is 5.14 Å². The van der Waals surface area contributed by atoms with E-state index in [-0.39, 0.29) is 0 Å². The van der Waals surface area contributed by atoms with Crippen LogP contribution < -0.4 is 5.14 Å². The maximum Gasteiger partial charge on any atom is 0.0304 e.